The van der Waals surface area contributed by atoms with Gasteiger partial charge in [0.15, 0.2) is 0 Å². The Kier molecular flexibility index (Phi) is 8.77. The van der Waals surface area contributed by atoms with E-state index in [1.165, 1.54) is 43.8 Å². The maximum atomic E-state index is 3.91. The fourth-order valence-corrected chi connectivity index (χ4v) is 7.68. The lowest BCUT2D eigenvalue weighted by Gasteiger charge is -2.30. The molecule has 0 heterocycles. The lowest BCUT2D eigenvalue weighted by atomic mass is 10.0. The van der Waals surface area contributed by atoms with Crippen molar-refractivity contribution in [3.05, 3.63) is 217 Å². The third-order valence-corrected chi connectivity index (χ3v) is 10.3. The van der Waals surface area contributed by atoms with E-state index in [4.69, 9.17) is 0 Å². The summed E-state index contributed by atoms with van der Waals surface area (Å²) >= 11 is 3.91. The molecule has 9 rings (SSSR count). The molecule has 0 amide bonds. The third kappa shape index (κ3) is 6.71. The van der Waals surface area contributed by atoms with Gasteiger partial charge in [0, 0.05) is 38.6 Å². The van der Waals surface area contributed by atoms with Gasteiger partial charge in [0.2, 0.25) is 0 Å². The van der Waals surface area contributed by atoms with Gasteiger partial charge in [-0.3, -0.25) is 0 Å². The van der Waals surface area contributed by atoms with E-state index in [0.717, 1.165) is 38.6 Å². The van der Waals surface area contributed by atoms with E-state index in [1.807, 2.05) is 0 Å². The summed E-state index contributed by atoms with van der Waals surface area (Å²) in [7, 11) is 0. The Labute approximate surface area is 319 Å². The summed E-state index contributed by atoms with van der Waals surface area (Å²) in [5, 5.41) is 4.99. The minimum atomic E-state index is 0.993. The van der Waals surface area contributed by atoms with E-state index in [1.54, 1.807) is 0 Å². The van der Waals surface area contributed by atoms with Gasteiger partial charge >= 0.3 is 0 Å². The Morgan fingerprint density at radius 1 is 0.245 bits per heavy atom. The van der Waals surface area contributed by atoms with Crippen molar-refractivity contribution in [2.24, 2.45) is 0 Å². The van der Waals surface area contributed by atoms with Crippen LogP contribution in [0.5, 0.6) is 0 Å². The molecule has 0 fully saturated rings. The van der Waals surface area contributed by atoms with E-state index in [0.29, 0.717) is 0 Å². The van der Waals surface area contributed by atoms with Crippen molar-refractivity contribution in [2.75, 3.05) is 9.80 Å². The van der Waals surface area contributed by atoms with Crippen LogP contribution in [0.2, 0.25) is 0 Å². The first-order chi connectivity index (χ1) is 26.2. The van der Waals surface area contributed by atoms with Crippen LogP contribution in [-0.2, 0) is 0 Å². The number of fused-ring (bicyclic) bond motifs is 2. The SMILES string of the molecule is Brc1cc(N(c2ccccc2)c2ccc(-c3ccc4ccccc4c3)cc2)cc(N(c2ccccc2)c2ccc(-c3ccc4ccccc4c3)cc2)c1. The van der Waals surface area contributed by atoms with Crippen LogP contribution >= 0.6 is 15.9 Å². The first kappa shape index (κ1) is 32.5. The highest BCUT2D eigenvalue weighted by atomic mass is 79.9. The van der Waals surface area contributed by atoms with Gasteiger partial charge in [-0.05, 0) is 123 Å². The summed E-state index contributed by atoms with van der Waals surface area (Å²) < 4.78 is 0.993. The van der Waals surface area contributed by atoms with Gasteiger partial charge in [0.25, 0.3) is 0 Å². The number of nitrogens with zero attached hydrogens (tertiary/aromatic N) is 2. The summed E-state index contributed by atoms with van der Waals surface area (Å²) in [5.74, 6) is 0. The smallest absolute Gasteiger partial charge is 0.0493 e. The normalized spacial score (nSPS) is 11.1. The molecule has 0 aliphatic heterocycles. The maximum absolute atomic E-state index is 3.91. The van der Waals surface area contributed by atoms with Gasteiger partial charge in [-0.1, -0.05) is 149 Å². The average molecular weight is 744 g/mol. The lowest BCUT2D eigenvalue weighted by molar-refractivity contribution is 1.24. The zero-order valence-corrected chi connectivity index (χ0v) is 30.6. The van der Waals surface area contributed by atoms with Crippen molar-refractivity contribution in [3.63, 3.8) is 0 Å². The number of rotatable bonds is 8. The number of para-hydroxylation sites is 2. The van der Waals surface area contributed by atoms with E-state index in [9.17, 15) is 0 Å². The predicted molar refractivity (Wildman–Crippen MR) is 229 cm³/mol. The molecule has 0 spiro atoms. The number of hydrogen-bond acceptors (Lipinski definition) is 2. The average Bonchev–Trinajstić information content (AvgIpc) is 3.22. The van der Waals surface area contributed by atoms with E-state index in [-0.39, 0.29) is 0 Å². The van der Waals surface area contributed by atoms with Crippen molar-refractivity contribution >= 4 is 71.6 Å². The zero-order valence-electron chi connectivity index (χ0n) is 29.0. The minimum Gasteiger partial charge on any atom is -0.310 e. The molecule has 2 nitrogen and oxygen atoms in total. The van der Waals surface area contributed by atoms with Crippen molar-refractivity contribution in [1.29, 1.82) is 0 Å². The molecule has 0 saturated carbocycles. The van der Waals surface area contributed by atoms with Crippen molar-refractivity contribution in [1.82, 2.24) is 0 Å². The molecule has 0 aliphatic rings. The fourth-order valence-electron chi connectivity index (χ4n) is 7.21. The molecule has 252 valence electrons. The first-order valence-electron chi connectivity index (χ1n) is 17.9. The van der Waals surface area contributed by atoms with Crippen molar-refractivity contribution in [3.8, 4) is 22.3 Å². The second-order valence-corrected chi connectivity index (χ2v) is 14.1. The molecule has 0 N–H and O–H groups in total. The molecular weight excluding hydrogens is 708 g/mol. The standard InChI is InChI=1S/C50H35BrN2/c51-44-33-49(52(45-15-3-1-4-16-45)47-27-23-38(24-28-47)42-21-19-36-11-7-9-13-40(36)31-42)35-50(34-44)53(46-17-5-2-6-18-46)48-29-25-39(26-30-48)43-22-20-37-12-8-10-14-41(37)32-43/h1-35H. The van der Waals surface area contributed by atoms with Crippen molar-refractivity contribution in [2.45, 2.75) is 0 Å². The van der Waals surface area contributed by atoms with Crippen LogP contribution in [0.25, 0.3) is 43.8 Å². The Bertz CT molecular complexity index is 2490. The molecule has 0 saturated heterocycles. The Balaban J connectivity index is 1.11. The first-order valence-corrected chi connectivity index (χ1v) is 18.7. The fraction of sp³-hybridized carbons (Fsp3) is 0. The molecule has 0 bridgehead atoms. The van der Waals surface area contributed by atoms with Crippen LogP contribution in [-0.4, -0.2) is 0 Å². The highest BCUT2D eigenvalue weighted by Crippen LogP contribution is 2.43. The van der Waals surface area contributed by atoms with Crippen LogP contribution in [0.1, 0.15) is 0 Å². The van der Waals surface area contributed by atoms with Crippen LogP contribution in [0, 0.1) is 0 Å². The summed E-state index contributed by atoms with van der Waals surface area (Å²) in [5.41, 5.74) is 11.2. The Morgan fingerprint density at radius 2 is 0.585 bits per heavy atom. The highest BCUT2D eigenvalue weighted by Gasteiger charge is 2.19. The molecule has 0 atom stereocenters. The lowest BCUT2D eigenvalue weighted by Crippen LogP contribution is -2.13. The predicted octanol–water partition coefficient (Wildman–Crippen LogP) is 15.0. The van der Waals surface area contributed by atoms with Crippen LogP contribution in [0.15, 0.2) is 217 Å². The Hall–Kier alpha value is -6.42. The molecule has 9 aromatic rings. The summed E-state index contributed by atoms with van der Waals surface area (Å²) in [6.45, 7) is 0. The van der Waals surface area contributed by atoms with Gasteiger partial charge in [0.1, 0.15) is 0 Å². The second kappa shape index (κ2) is 14.3. The van der Waals surface area contributed by atoms with E-state index in [2.05, 4.69) is 238 Å². The molecular formula is C50H35BrN2. The van der Waals surface area contributed by atoms with Crippen LogP contribution in [0.3, 0.4) is 0 Å². The molecule has 0 aliphatic carbocycles. The largest absolute Gasteiger partial charge is 0.310 e. The van der Waals surface area contributed by atoms with Crippen molar-refractivity contribution < 1.29 is 0 Å². The summed E-state index contributed by atoms with van der Waals surface area (Å²) in [6.07, 6.45) is 0. The number of anilines is 6. The minimum absolute atomic E-state index is 0.993. The van der Waals surface area contributed by atoms with Gasteiger partial charge in [-0.25, -0.2) is 0 Å². The number of hydrogen-bond donors (Lipinski definition) is 0. The van der Waals surface area contributed by atoms with Gasteiger partial charge in [0.05, 0.1) is 0 Å². The molecule has 0 aromatic heterocycles. The third-order valence-electron chi connectivity index (χ3n) is 9.83. The number of halogens is 1. The van der Waals surface area contributed by atoms with Crippen LogP contribution in [0.4, 0.5) is 34.1 Å². The topological polar surface area (TPSA) is 6.48 Å². The van der Waals surface area contributed by atoms with E-state index >= 15 is 0 Å². The monoisotopic (exact) mass is 742 g/mol. The van der Waals surface area contributed by atoms with Crippen LogP contribution < -0.4 is 9.80 Å². The maximum Gasteiger partial charge on any atom is 0.0493 e. The van der Waals surface area contributed by atoms with E-state index < -0.39 is 0 Å². The number of benzene rings is 9. The van der Waals surface area contributed by atoms with Gasteiger partial charge in [-0.2, -0.15) is 0 Å². The Morgan fingerprint density at radius 3 is 1.00 bits per heavy atom. The second-order valence-electron chi connectivity index (χ2n) is 13.2. The quantitative estimate of drug-likeness (QED) is 0.153. The van der Waals surface area contributed by atoms with Gasteiger partial charge in [-0.15, -0.1) is 0 Å². The summed E-state index contributed by atoms with van der Waals surface area (Å²) in [4.78, 5) is 4.65. The zero-order chi connectivity index (χ0) is 35.6. The molecule has 9 aromatic carbocycles. The summed E-state index contributed by atoms with van der Waals surface area (Å²) in [6, 6.07) is 76.0. The highest BCUT2D eigenvalue weighted by molar-refractivity contribution is 9.10. The molecule has 3 heteroatoms. The molecule has 0 radical (unpaired) electrons. The molecule has 53 heavy (non-hydrogen) atoms. The molecule has 0 unspecified atom stereocenters. The van der Waals surface area contributed by atoms with Gasteiger partial charge < -0.3 is 9.80 Å².